The minimum absolute atomic E-state index is 0.447. The van der Waals surface area contributed by atoms with Gasteiger partial charge in [0, 0.05) is 0 Å². The first-order valence-electron chi connectivity index (χ1n) is 6.73. The minimum Gasteiger partial charge on any atom is -0.497 e. The van der Waals surface area contributed by atoms with Crippen molar-refractivity contribution in [3.8, 4) is 11.5 Å². The lowest BCUT2D eigenvalue weighted by Gasteiger charge is -2.28. The lowest BCUT2D eigenvalue weighted by atomic mass is 9.83. The second-order valence-corrected chi connectivity index (χ2v) is 4.89. The van der Waals surface area contributed by atoms with Gasteiger partial charge >= 0.3 is 5.97 Å². The van der Waals surface area contributed by atoms with Gasteiger partial charge in [0.15, 0.2) is 0 Å². The molecule has 0 spiro atoms. The highest BCUT2D eigenvalue weighted by Crippen LogP contribution is 2.36. The quantitative estimate of drug-likeness (QED) is 0.857. The van der Waals surface area contributed by atoms with Gasteiger partial charge in [0.25, 0.3) is 0 Å². The summed E-state index contributed by atoms with van der Waals surface area (Å²) in [6, 6.07) is 13.5. The Kier molecular flexibility index (Phi) is 4.68. The molecule has 0 amide bonds. The Labute approximate surface area is 128 Å². The molecule has 2 rings (SSSR count). The predicted molar refractivity (Wildman–Crippen MR) is 81.2 cm³/mol. The van der Waals surface area contributed by atoms with Crippen molar-refractivity contribution in [1.82, 2.24) is 0 Å². The summed E-state index contributed by atoms with van der Waals surface area (Å²) >= 11 is 0. The van der Waals surface area contributed by atoms with Gasteiger partial charge in [0.1, 0.15) is 17.1 Å². The van der Waals surface area contributed by atoms with Crippen molar-refractivity contribution >= 4 is 5.97 Å². The Balaban J connectivity index is 2.57. The number of ether oxygens (including phenoxy) is 2. The van der Waals surface area contributed by atoms with Crippen LogP contribution in [0.3, 0.4) is 0 Å². The van der Waals surface area contributed by atoms with E-state index in [1.165, 1.54) is 14.2 Å². The fraction of sp³-hybridized carbons (Fsp3) is 0.235. The summed E-state index contributed by atoms with van der Waals surface area (Å²) in [4.78, 5) is 11.2. The highest BCUT2D eigenvalue weighted by Gasteiger charge is 2.35. The van der Waals surface area contributed by atoms with Crippen LogP contribution in [0.25, 0.3) is 0 Å². The number of methoxy groups -OCH3 is 2. The van der Waals surface area contributed by atoms with Gasteiger partial charge in [0.05, 0.1) is 20.6 Å². The van der Waals surface area contributed by atoms with Gasteiger partial charge < -0.3 is 19.7 Å². The first-order valence-corrected chi connectivity index (χ1v) is 6.73. The maximum Gasteiger partial charge on any atom is 0.306 e. The van der Waals surface area contributed by atoms with Gasteiger partial charge in [0.2, 0.25) is 0 Å². The van der Waals surface area contributed by atoms with Crippen LogP contribution in [0.4, 0.5) is 0 Å². The molecule has 0 atom stereocenters. The van der Waals surface area contributed by atoms with Crippen LogP contribution in [0.5, 0.6) is 11.5 Å². The van der Waals surface area contributed by atoms with E-state index in [0.717, 1.165) is 0 Å². The summed E-state index contributed by atoms with van der Waals surface area (Å²) in [5, 5.41) is 20.3. The molecule has 5 nitrogen and oxygen atoms in total. The first-order chi connectivity index (χ1) is 10.5. The number of aliphatic carboxylic acids is 1. The number of rotatable bonds is 6. The molecule has 22 heavy (non-hydrogen) atoms. The SMILES string of the molecule is COc1cccc(C(O)(CC(=O)O)c2cccc(OC)c2)c1. The highest BCUT2D eigenvalue weighted by molar-refractivity contribution is 5.70. The molecule has 0 saturated heterocycles. The number of carbonyl (C=O) groups is 1. The van der Waals surface area contributed by atoms with Gasteiger partial charge in [-0.3, -0.25) is 4.79 Å². The number of carboxylic acid groups (broad SMARTS) is 1. The molecule has 0 aliphatic rings. The molecule has 5 heteroatoms. The van der Waals surface area contributed by atoms with Crippen LogP contribution >= 0.6 is 0 Å². The number of aliphatic hydroxyl groups is 1. The van der Waals surface area contributed by atoms with Crippen LogP contribution in [0.1, 0.15) is 17.5 Å². The number of benzene rings is 2. The molecule has 0 unspecified atom stereocenters. The zero-order valence-electron chi connectivity index (χ0n) is 12.4. The average molecular weight is 302 g/mol. The van der Waals surface area contributed by atoms with Crippen molar-refractivity contribution in [2.24, 2.45) is 0 Å². The van der Waals surface area contributed by atoms with Gasteiger partial charge in [-0.1, -0.05) is 24.3 Å². The van der Waals surface area contributed by atoms with Crippen molar-refractivity contribution in [2.75, 3.05) is 14.2 Å². The van der Waals surface area contributed by atoms with E-state index in [1.54, 1.807) is 48.5 Å². The van der Waals surface area contributed by atoms with Crippen LogP contribution < -0.4 is 9.47 Å². The molecule has 0 fully saturated rings. The average Bonchev–Trinajstić information content (AvgIpc) is 2.54. The van der Waals surface area contributed by atoms with Gasteiger partial charge in [-0.2, -0.15) is 0 Å². The lowest BCUT2D eigenvalue weighted by molar-refractivity contribution is -0.141. The molecule has 2 aromatic carbocycles. The maximum atomic E-state index is 11.2. The summed E-state index contributed by atoms with van der Waals surface area (Å²) in [5.41, 5.74) is -0.778. The molecule has 0 radical (unpaired) electrons. The molecule has 2 aromatic rings. The largest absolute Gasteiger partial charge is 0.497 e. The van der Waals surface area contributed by atoms with E-state index in [4.69, 9.17) is 9.47 Å². The number of hydrogen-bond donors (Lipinski definition) is 2. The van der Waals surface area contributed by atoms with Crippen molar-refractivity contribution < 1.29 is 24.5 Å². The second kappa shape index (κ2) is 6.49. The maximum absolute atomic E-state index is 11.2. The van der Waals surface area contributed by atoms with Gasteiger partial charge in [-0.05, 0) is 35.4 Å². The second-order valence-electron chi connectivity index (χ2n) is 4.89. The smallest absolute Gasteiger partial charge is 0.306 e. The van der Waals surface area contributed by atoms with E-state index in [0.29, 0.717) is 22.6 Å². The normalized spacial score (nSPS) is 11.0. The number of hydrogen-bond acceptors (Lipinski definition) is 4. The van der Waals surface area contributed by atoms with Crippen LogP contribution in [-0.2, 0) is 10.4 Å². The van der Waals surface area contributed by atoms with Crippen LogP contribution in [-0.4, -0.2) is 30.4 Å². The zero-order valence-corrected chi connectivity index (χ0v) is 12.4. The van der Waals surface area contributed by atoms with E-state index < -0.39 is 18.0 Å². The highest BCUT2D eigenvalue weighted by atomic mass is 16.5. The van der Waals surface area contributed by atoms with Crippen molar-refractivity contribution in [3.05, 3.63) is 59.7 Å². The molecular formula is C17H18O5. The molecule has 0 aromatic heterocycles. The standard InChI is InChI=1S/C17H18O5/c1-21-14-7-3-5-12(9-14)17(20,11-16(18)19)13-6-4-8-15(10-13)22-2/h3-10,20H,11H2,1-2H3,(H,18,19). The van der Waals surface area contributed by atoms with E-state index in [2.05, 4.69) is 0 Å². The van der Waals surface area contributed by atoms with Gasteiger partial charge in [-0.25, -0.2) is 0 Å². The summed E-state index contributed by atoms with van der Waals surface area (Å²) < 4.78 is 10.3. The molecule has 0 aliphatic heterocycles. The van der Waals surface area contributed by atoms with Crippen molar-refractivity contribution in [1.29, 1.82) is 0 Å². The van der Waals surface area contributed by atoms with E-state index >= 15 is 0 Å². The number of carboxylic acids is 1. The Bertz CT molecular complexity index is 618. The van der Waals surface area contributed by atoms with Crippen LogP contribution in [0, 0.1) is 0 Å². The first kappa shape index (κ1) is 15.9. The third-order valence-electron chi connectivity index (χ3n) is 3.50. The summed E-state index contributed by atoms with van der Waals surface area (Å²) in [5.74, 6) is -0.0124. The van der Waals surface area contributed by atoms with Crippen molar-refractivity contribution in [2.45, 2.75) is 12.0 Å². The lowest BCUT2D eigenvalue weighted by Crippen LogP contribution is -2.30. The summed E-state index contributed by atoms with van der Waals surface area (Å²) in [6.45, 7) is 0. The van der Waals surface area contributed by atoms with Crippen LogP contribution in [0.2, 0.25) is 0 Å². The van der Waals surface area contributed by atoms with E-state index in [1.807, 2.05) is 0 Å². The third kappa shape index (κ3) is 3.20. The molecular weight excluding hydrogens is 284 g/mol. The summed E-state index contributed by atoms with van der Waals surface area (Å²) in [6.07, 6.45) is -0.465. The Morgan fingerprint density at radius 2 is 1.45 bits per heavy atom. The zero-order chi connectivity index (χ0) is 16.2. The summed E-state index contributed by atoms with van der Waals surface area (Å²) in [7, 11) is 3.03. The molecule has 2 N–H and O–H groups in total. The minimum atomic E-state index is -1.67. The van der Waals surface area contributed by atoms with E-state index in [-0.39, 0.29) is 0 Å². The van der Waals surface area contributed by atoms with Gasteiger partial charge in [-0.15, -0.1) is 0 Å². The fourth-order valence-corrected chi connectivity index (χ4v) is 2.35. The molecule has 116 valence electrons. The van der Waals surface area contributed by atoms with Crippen molar-refractivity contribution in [3.63, 3.8) is 0 Å². The molecule has 0 aliphatic carbocycles. The third-order valence-corrected chi connectivity index (χ3v) is 3.50. The Morgan fingerprint density at radius 3 is 1.82 bits per heavy atom. The topological polar surface area (TPSA) is 76.0 Å². The van der Waals surface area contributed by atoms with Crippen LogP contribution in [0.15, 0.2) is 48.5 Å². The Morgan fingerprint density at radius 1 is 1.00 bits per heavy atom. The predicted octanol–water partition coefficient (Wildman–Crippen LogP) is 2.41. The Hall–Kier alpha value is -2.53. The monoisotopic (exact) mass is 302 g/mol. The molecule has 0 bridgehead atoms. The van der Waals surface area contributed by atoms with E-state index in [9.17, 15) is 15.0 Å². The molecule has 0 heterocycles. The fourth-order valence-electron chi connectivity index (χ4n) is 2.35. The molecule has 0 saturated carbocycles.